The van der Waals surface area contributed by atoms with E-state index >= 15 is 0 Å². The summed E-state index contributed by atoms with van der Waals surface area (Å²) < 4.78 is 4.89. The monoisotopic (exact) mass is 1100 g/mol. The first-order chi connectivity index (χ1) is 40.9. The molecule has 2 heterocycles. The van der Waals surface area contributed by atoms with Crippen LogP contribution in [0.15, 0.2) is 176 Å². The number of nitrogens with zero attached hydrogens (tertiary/aromatic N) is 4. The molecule has 4 nitrogen and oxygen atoms in total. The second-order valence-electron chi connectivity index (χ2n) is 24.4. The molecule has 412 valence electrons. The maximum absolute atomic E-state index is 10.0. The molecule has 4 heteroatoms. The zero-order chi connectivity index (χ0) is 59.4. The van der Waals surface area contributed by atoms with Gasteiger partial charge in [-0.1, -0.05) is 119 Å². The van der Waals surface area contributed by atoms with E-state index in [1.54, 1.807) is 0 Å². The molecule has 0 saturated carbocycles. The summed E-state index contributed by atoms with van der Waals surface area (Å²) in [4.78, 5) is 4.15. The van der Waals surface area contributed by atoms with E-state index in [0.717, 1.165) is 72.0 Å². The number of nitriles is 1. The Balaban J connectivity index is 1.14. The van der Waals surface area contributed by atoms with E-state index in [4.69, 9.17) is 6.57 Å². The van der Waals surface area contributed by atoms with Crippen LogP contribution in [0, 0.1) is 108 Å². The molecule has 0 amide bonds. The highest BCUT2D eigenvalue weighted by atomic mass is 15.0. The molecule has 0 atom stereocenters. The van der Waals surface area contributed by atoms with Gasteiger partial charge in [-0.3, -0.25) is 0 Å². The van der Waals surface area contributed by atoms with Crippen LogP contribution in [0.5, 0.6) is 0 Å². The number of hydrogen-bond donors (Lipinski definition) is 0. The van der Waals surface area contributed by atoms with E-state index in [9.17, 15) is 5.26 Å². The van der Waals surface area contributed by atoms with Crippen LogP contribution in [0.4, 0.5) is 5.69 Å². The number of benzene rings is 11. The lowest BCUT2D eigenvalue weighted by Crippen LogP contribution is -2.02. The fourth-order valence-electron chi connectivity index (χ4n) is 14.9. The summed E-state index contributed by atoms with van der Waals surface area (Å²) in [7, 11) is 0. The largest absolute Gasteiger partial charge is 0.310 e. The summed E-state index contributed by atoms with van der Waals surface area (Å²) >= 11 is 0. The standard InChI is InChI=1S/C81H68N4/c1-45-29-50(6)78(51(7)30-45)60-17-25-73-68(39-60)69-40-61(79-52(8)31-46(2)32-53(79)9)18-26-74(69)84(73)72-24-16-59(65-22-15-58(44-82)37-49(65)5)38-67(72)66-23-21-64(83-14)43-77(66)85-75-27-19-62(80-54(10)33-47(3)34-55(80)11)41-70(75)71-42-63(20-28-76(71)85)81-56(12)35-48(4)36-57(81)13/h15-43H,1-13H3. The molecule has 13 rings (SSSR count). The Hall–Kier alpha value is -10.0. The van der Waals surface area contributed by atoms with E-state index in [0.29, 0.717) is 11.3 Å². The topological polar surface area (TPSA) is 38.0 Å². The highest BCUT2D eigenvalue weighted by Crippen LogP contribution is 2.47. The van der Waals surface area contributed by atoms with Crippen molar-refractivity contribution in [1.29, 1.82) is 5.26 Å². The predicted octanol–water partition coefficient (Wildman–Crippen LogP) is 22.3. The third-order valence-electron chi connectivity index (χ3n) is 17.9. The minimum atomic E-state index is 0.555. The molecule has 0 N–H and O–H groups in total. The zero-order valence-electron chi connectivity index (χ0n) is 51.0. The van der Waals surface area contributed by atoms with E-state index in [-0.39, 0.29) is 0 Å². The number of aryl methyl sites for hydroxylation is 13. The summed E-state index contributed by atoms with van der Waals surface area (Å²) in [5.41, 5.74) is 37.4. The molecule has 0 fully saturated rings. The Morgan fingerprint density at radius 3 is 0.988 bits per heavy atom. The van der Waals surface area contributed by atoms with E-state index in [1.165, 1.54) is 122 Å². The van der Waals surface area contributed by atoms with Crippen molar-refractivity contribution in [3.63, 3.8) is 0 Å². The minimum Gasteiger partial charge on any atom is -0.310 e. The Bertz CT molecular complexity index is 4790. The average Bonchev–Trinajstić information content (AvgIpc) is 2.15. The van der Waals surface area contributed by atoms with Crippen LogP contribution in [0.1, 0.15) is 77.9 Å². The molecule has 0 radical (unpaired) electrons. The average molecular weight is 1100 g/mol. The Kier molecular flexibility index (Phi) is 13.2. The molecule has 2 aromatic heterocycles. The fourth-order valence-corrected chi connectivity index (χ4v) is 14.9. The third kappa shape index (κ3) is 9.13. The number of rotatable bonds is 8. The van der Waals surface area contributed by atoms with Gasteiger partial charge < -0.3 is 9.13 Å². The lowest BCUT2D eigenvalue weighted by atomic mass is 9.91. The summed E-state index contributed by atoms with van der Waals surface area (Å²) in [5.74, 6) is 0. The van der Waals surface area contributed by atoms with Crippen LogP contribution in [0.25, 0.3) is 127 Å². The maximum atomic E-state index is 10.0. The molecule has 0 aliphatic carbocycles. The van der Waals surface area contributed by atoms with Crippen molar-refractivity contribution < 1.29 is 0 Å². The summed E-state index contributed by atoms with van der Waals surface area (Å²) in [6, 6.07) is 67.9. The smallest absolute Gasteiger partial charge is 0.189 e. The molecule has 0 aliphatic heterocycles. The van der Waals surface area contributed by atoms with Gasteiger partial charge in [0.1, 0.15) is 0 Å². The first-order valence-electron chi connectivity index (χ1n) is 29.5. The SMILES string of the molecule is [C-]#[N+]c1ccc(-c2cc(-c3ccc(C#N)cc3C)ccc2-n2c3ccc(-c4c(C)cc(C)cc4C)cc3c3cc(-c4c(C)cc(C)cc4C)ccc32)c(-n2c3ccc(-c4c(C)cc(C)cc4C)cc3c3cc(-c4c(C)cc(C)cc4C)ccc32)c1. The van der Waals surface area contributed by atoms with Crippen molar-refractivity contribution in [3.8, 4) is 84.2 Å². The normalized spacial score (nSPS) is 11.6. The van der Waals surface area contributed by atoms with Gasteiger partial charge in [0.25, 0.3) is 0 Å². The molecule has 13 aromatic rings. The van der Waals surface area contributed by atoms with E-state index in [1.807, 2.05) is 18.2 Å². The van der Waals surface area contributed by atoms with Crippen molar-refractivity contribution in [1.82, 2.24) is 9.13 Å². The maximum Gasteiger partial charge on any atom is 0.189 e. The second kappa shape index (κ2) is 20.7. The van der Waals surface area contributed by atoms with Crippen molar-refractivity contribution >= 4 is 49.3 Å². The first kappa shape index (κ1) is 54.3. The van der Waals surface area contributed by atoms with Crippen molar-refractivity contribution in [2.24, 2.45) is 0 Å². The van der Waals surface area contributed by atoms with Crippen LogP contribution >= 0.6 is 0 Å². The fraction of sp³-hybridized carbons (Fsp3) is 0.160. The van der Waals surface area contributed by atoms with Gasteiger partial charge >= 0.3 is 0 Å². The van der Waals surface area contributed by atoms with Crippen LogP contribution in [-0.4, -0.2) is 9.13 Å². The third-order valence-corrected chi connectivity index (χ3v) is 17.9. The van der Waals surface area contributed by atoms with Gasteiger partial charge in [0.15, 0.2) is 5.69 Å². The van der Waals surface area contributed by atoms with Gasteiger partial charge in [-0.2, -0.15) is 5.26 Å². The molecular formula is C81H68N4. The Morgan fingerprint density at radius 1 is 0.306 bits per heavy atom. The van der Waals surface area contributed by atoms with Crippen LogP contribution < -0.4 is 0 Å². The highest BCUT2D eigenvalue weighted by Gasteiger charge is 2.25. The molecule has 0 aliphatic rings. The van der Waals surface area contributed by atoms with Gasteiger partial charge in [0.2, 0.25) is 0 Å². The van der Waals surface area contributed by atoms with Crippen LogP contribution in [0.2, 0.25) is 0 Å². The van der Waals surface area contributed by atoms with E-state index in [2.05, 4.69) is 268 Å². The predicted molar refractivity (Wildman–Crippen MR) is 360 cm³/mol. The molecule has 0 spiro atoms. The van der Waals surface area contributed by atoms with Gasteiger partial charge in [-0.15, -0.1) is 0 Å². The van der Waals surface area contributed by atoms with Gasteiger partial charge in [0.05, 0.1) is 46.0 Å². The molecule has 0 unspecified atom stereocenters. The lowest BCUT2D eigenvalue weighted by molar-refractivity contribution is 1.16. The number of hydrogen-bond acceptors (Lipinski definition) is 1. The number of fused-ring (bicyclic) bond motifs is 6. The molecule has 85 heavy (non-hydrogen) atoms. The van der Waals surface area contributed by atoms with Crippen LogP contribution in [0.3, 0.4) is 0 Å². The Morgan fingerprint density at radius 2 is 0.647 bits per heavy atom. The zero-order valence-corrected chi connectivity index (χ0v) is 51.0. The lowest BCUT2D eigenvalue weighted by Gasteiger charge is -2.21. The first-order valence-corrected chi connectivity index (χ1v) is 29.5. The summed E-state index contributed by atoms with van der Waals surface area (Å²) in [6.07, 6.45) is 0. The van der Waals surface area contributed by atoms with Crippen molar-refractivity contribution in [2.75, 3.05) is 0 Å². The molecular weight excluding hydrogens is 1030 g/mol. The van der Waals surface area contributed by atoms with Crippen molar-refractivity contribution in [2.45, 2.75) is 90.0 Å². The summed E-state index contributed by atoms with van der Waals surface area (Å²) in [6.45, 7) is 37.2. The second-order valence-corrected chi connectivity index (χ2v) is 24.4. The molecule has 0 saturated heterocycles. The minimum absolute atomic E-state index is 0.555. The molecule has 11 aromatic carbocycles. The van der Waals surface area contributed by atoms with Crippen molar-refractivity contribution in [3.05, 3.63) is 265 Å². The van der Waals surface area contributed by atoms with Gasteiger partial charge in [-0.05, 0) is 275 Å². The van der Waals surface area contributed by atoms with E-state index < -0.39 is 0 Å². The molecule has 0 bridgehead atoms. The Labute approximate surface area is 500 Å². The quantitative estimate of drug-likeness (QED) is 0.140. The number of aromatic nitrogens is 2. The van der Waals surface area contributed by atoms with Gasteiger partial charge in [-0.25, -0.2) is 4.85 Å². The van der Waals surface area contributed by atoms with Gasteiger partial charge in [0, 0.05) is 38.4 Å². The van der Waals surface area contributed by atoms with Crippen LogP contribution in [-0.2, 0) is 0 Å². The highest BCUT2D eigenvalue weighted by molar-refractivity contribution is 6.14. The summed E-state index contributed by atoms with van der Waals surface area (Å²) in [5, 5.41) is 14.7.